The highest BCUT2D eigenvalue weighted by Crippen LogP contribution is 2.23. The predicted octanol–water partition coefficient (Wildman–Crippen LogP) is 4.16. The fourth-order valence-corrected chi connectivity index (χ4v) is 3.84. The molecule has 4 rings (SSSR count). The maximum Gasteiger partial charge on any atom is 0.270 e. The molecule has 1 heterocycles. The van der Waals surface area contributed by atoms with Crippen LogP contribution in [0.25, 0.3) is 0 Å². The van der Waals surface area contributed by atoms with Crippen LogP contribution in [0.15, 0.2) is 60.8 Å². The monoisotopic (exact) mass is 468 g/mol. The quantitative estimate of drug-likeness (QED) is 0.443. The van der Waals surface area contributed by atoms with Crippen LogP contribution in [0.5, 0.6) is 11.5 Å². The number of nitrogens with one attached hydrogen (secondary N) is 1. The minimum absolute atomic E-state index is 0.0586. The van der Waals surface area contributed by atoms with Crippen LogP contribution in [0.1, 0.15) is 53.0 Å². The molecule has 1 aliphatic rings. The number of hydrogen-bond donors (Lipinski definition) is 2. The Bertz CT molecular complexity index is 1310. The van der Waals surface area contributed by atoms with Crippen LogP contribution >= 0.6 is 0 Å². The Morgan fingerprint density at radius 3 is 2.60 bits per heavy atom. The normalized spacial score (nSPS) is 15.3. The van der Waals surface area contributed by atoms with E-state index in [2.05, 4.69) is 22.1 Å². The van der Waals surface area contributed by atoms with E-state index in [1.165, 1.54) is 6.20 Å². The number of aromatic nitrogens is 1. The van der Waals surface area contributed by atoms with Crippen molar-refractivity contribution < 1.29 is 19.4 Å². The van der Waals surface area contributed by atoms with E-state index >= 15 is 0 Å². The Morgan fingerprint density at radius 2 is 1.86 bits per heavy atom. The van der Waals surface area contributed by atoms with Gasteiger partial charge in [0.05, 0.1) is 6.04 Å². The summed E-state index contributed by atoms with van der Waals surface area (Å²) in [5.74, 6) is 6.43. The summed E-state index contributed by atoms with van der Waals surface area (Å²) in [5.41, 5.74) is 2.94. The summed E-state index contributed by atoms with van der Waals surface area (Å²) in [6.07, 6.45) is 2.89. The van der Waals surface area contributed by atoms with Crippen molar-refractivity contribution in [1.82, 2.24) is 10.3 Å². The van der Waals surface area contributed by atoms with Crippen LogP contribution < -0.4 is 10.1 Å². The van der Waals surface area contributed by atoms with Gasteiger partial charge < -0.3 is 15.2 Å². The van der Waals surface area contributed by atoms with Gasteiger partial charge in [0.2, 0.25) is 0 Å². The highest BCUT2D eigenvalue weighted by molar-refractivity contribution is 5.97. The van der Waals surface area contributed by atoms with Crippen molar-refractivity contribution in [1.29, 1.82) is 0 Å². The molecule has 1 aliphatic carbocycles. The second-order valence-electron chi connectivity index (χ2n) is 9.29. The van der Waals surface area contributed by atoms with Gasteiger partial charge in [0.15, 0.2) is 5.78 Å². The van der Waals surface area contributed by atoms with Crippen LogP contribution in [0.4, 0.5) is 0 Å². The van der Waals surface area contributed by atoms with E-state index in [1.54, 1.807) is 26.0 Å². The van der Waals surface area contributed by atoms with Crippen molar-refractivity contribution in [3.05, 3.63) is 88.7 Å². The van der Waals surface area contributed by atoms with Crippen LogP contribution in [-0.2, 0) is 17.6 Å². The van der Waals surface area contributed by atoms with Gasteiger partial charge in [-0.05, 0) is 75.1 Å². The predicted molar refractivity (Wildman–Crippen MR) is 133 cm³/mol. The molecule has 2 aromatic carbocycles. The third kappa shape index (κ3) is 6.56. The summed E-state index contributed by atoms with van der Waals surface area (Å²) < 4.78 is 5.84. The highest BCUT2D eigenvalue weighted by Gasteiger charge is 2.26. The summed E-state index contributed by atoms with van der Waals surface area (Å²) in [4.78, 5) is 30.0. The molecule has 1 aromatic heterocycles. The minimum Gasteiger partial charge on any atom is -0.457 e. The zero-order valence-electron chi connectivity index (χ0n) is 20.1. The summed E-state index contributed by atoms with van der Waals surface area (Å²) in [5, 5.41) is 12.7. The summed E-state index contributed by atoms with van der Waals surface area (Å²) in [6, 6.07) is 16.0. The number of ether oxygens (including phenoxy) is 1. The van der Waals surface area contributed by atoms with E-state index in [-0.39, 0.29) is 17.9 Å². The molecule has 0 spiro atoms. The van der Waals surface area contributed by atoms with E-state index in [1.807, 2.05) is 49.4 Å². The fraction of sp³-hybridized carbons (Fsp3) is 0.276. The Morgan fingerprint density at radius 1 is 1.09 bits per heavy atom. The van der Waals surface area contributed by atoms with Crippen molar-refractivity contribution in [3.63, 3.8) is 0 Å². The standard InChI is InChI=1S/C29H28N2O4/c1-19-4-9-23(10-5-19)35-24-13-15-30-26(18-24)28(33)31-25-11-8-21-7-6-20(12-14-29(2,3)34)16-22(21)17-27(25)32/h4-7,9-10,13,15-16,18,25,34H,8,11,17H2,1-3H3,(H,31,33). The van der Waals surface area contributed by atoms with E-state index in [0.717, 1.165) is 22.3 Å². The third-order valence-corrected chi connectivity index (χ3v) is 5.70. The van der Waals surface area contributed by atoms with Crippen molar-refractivity contribution in [2.24, 2.45) is 0 Å². The first-order valence-corrected chi connectivity index (χ1v) is 11.6. The van der Waals surface area contributed by atoms with E-state index in [0.29, 0.717) is 24.3 Å². The number of pyridine rings is 1. The smallest absolute Gasteiger partial charge is 0.270 e. The van der Waals surface area contributed by atoms with Crippen molar-refractivity contribution >= 4 is 11.7 Å². The number of aliphatic hydroxyl groups is 1. The number of nitrogens with zero attached hydrogens (tertiary/aromatic N) is 1. The molecule has 0 aliphatic heterocycles. The topological polar surface area (TPSA) is 88.5 Å². The SMILES string of the molecule is Cc1ccc(Oc2ccnc(C(=O)NC3CCc4ccc(C#CC(C)(C)O)cc4CC3=O)c2)cc1. The van der Waals surface area contributed by atoms with E-state index in [9.17, 15) is 14.7 Å². The molecule has 3 aromatic rings. The third-order valence-electron chi connectivity index (χ3n) is 5.70. The zero-order valence-corrected chi connectivity index (χ0v) is 20.1. The Kier molecular flexibility index (Phi) is 6.99. The molecule has 0 saturated carbocycles. The average molecular weight is 469 g/mol. The maximum atomic E-state index is 13.0. The molecule has 0 fully saturated rings. The number of amides is 1. The van der Waals surface area contributed by atoms with E-state index in [4.69, 9.17) is 4.74 Å². The molecule has 1 unspecified atom stereocenters. The van der Waals surface area contributed by atoms with Crippen LogP contribution in [-0.4, -0.2) is 33.4 Å². The number of fused-ring (bicyclic) bond motifs is 1. The molecule has 0 saturated heterocycles. The molecule has 1 atom stereocenters. The van der Waals surface area contributed by atoms with Gasteiger partial charge in [0.25, 0.3) is 5.91 Å². The summed E-state index contributed by atoms with van der Waals surface area (Å²) in [6.45, 7) is 5.25. The average Bonchev–Trinajstić information content (AvgIpc) is 2.97. The molecule has 0 radical (unpaired) electrons. The van der Waals surface area contributed by atoms with Gasteiger partial charge >= 0.3 is 0 Å². The number of carbonyl (C=O) groups is 2. The van der Waals surface area contributed by atoms with Crippen LogP contribution in [0.2, 0.25) is 0 Å². The molecular weight excluding hydrogens is 440 g/mol. The van der Waals surface area contributed by atoms with Gasteiger partial charge in [0, 0.05) is 24.2 Å². The fourth-order valence-electron chi connectivity index (χ4n) is 3.84. The number of rotatable bonds is 4. The van der Waals surface area contributed by atoms with Gasteiger partial charge in [-0.1, -0.05) is 35.6 Å². The molecule has 35 heavy (non-hydrogen) atoms. The molecular formula is C29H28N2O4. The van der Waals surface area contributed by atoms with Crippen molar-refractivity contribution in [2.75, 3.05) is 0 Å². The van der Waals surface area contributed by atoms with Crippen molar-refractivity contribution in [3.8, 4) is 23.3 Å². The number of hydrogen-bond acceptors (Lipinski definition) is 5. The number of ketones is 1. The van der Waals surface area contributed by atoms with Crippen LogP contribution in [0, 0.1) is 18.8 Å². The van der Waals surface area contributed by atoms with Crippen molar-refractivity contribution in [2.45, 2.75) is 51.7 Å². The maximum absolute atomic E-state index is 13.0. The van der Waals surface area contributed by atoms with Crippen LogP contribution in [0.3, 0.4) is 0 Å². The summed E-state index contributed by atoms with van der Waals surface area (Å²) >= 11 is 0. The lowest BCUT2D eigenvalue weighted by molar-refractivity contribution is -0.120. The molecule has 2 N–H and O–H groups in total. The zero-order chi connectivity index (χ0) is 25.0. The number of Topliss-reactive ketones (excluding diaryl/α,β-unsaturated/α-hetero) is 1. The van der Waals surface area contributed by atoms with Gasteiger partial charge in [0.1, 0.15) is 22.8 Å². The second kappa shape index (κ2) is 10.1. The highest BCUT2D eigenvalue weighted by atomic mass is 16.5. The van der Waals surface area contributed by atoms with Gasteiger partial charge in [-0.2, -0.15) is 0 Å². The Balaban J connectivity index is 1.44. The van der Waals surface area contributed by atoms with Gasteiger partial charge in [-0.15, -0.1) is 0 Å². The minimum atomic E-state index is -1.09. The number of carbonyl (C=O) groups excluding carboxylic acids is 2. The number of benzene rings is 2. The summed E-state index contributed by atoms with van der Waals surface area (Å²) in [7, 11) is 0. The molecule has 1 amide bonds. The van der Waals surface area contributed by atoms with Gasteiger partial charge in [-0.3, -0.25) is 14.6 Å². The number of aryl methyl sites for hydroxylation is 2. The molecule has 6 heteroatoms. The first kappa shape index (κ1) is 24.2. The second-order valence-corrected chi connectivity index (χ2v) is 9.29. The lowest BCUT2D eigenvalue weighted by Crippen LogP contribution is -2.41. The van der Waals surface area contributed by atoms with Gasteiger partial charge in [-0.25, -0.2) is 0 Å². The first-order chi connectivity index (χ1) is 16.7. The largest absolute Gasteiger partial charge is 0.457 e. The van der Waals surface area contributed by atoms with E-state index < -0.39 is 17.6 Å². The lowest BCUT2D eigenvalue weighted by atomic mass is 9.99. The molecule has 0 bridgehead atoms. The Hall–Kier alpha value is -3.95. The Labute approximate surface area is 205 Å². The lowest BCUT2D eigenvalue weighted by Gasteiger charge is -2.15. The molecule has 178 valence electrons. The first-order valence-electron chi connectivity index (χ1n) is 11.6. The molecule has 6 nitrogen and oxygen atoms in total.